The summed E-state index contributed by atoms with van der Waals surface area (Å²) >= 11 is 0. The quantitative estimate of drug-likeness (QED) is 0.478. The van der Waals surface area contributed by atoms with E-state index in [-0.39, 0.29) is 11.4 Å². The van der Waals surface area contributed by atoms with Crippen molar-refractivity contribution in [3.05, 3.63) is 0 Å². The van der Waals surface area contributed by atoms with E-state index in [4.69, 9.17) is 0 Å². The molecule has 2 N–H and O–H groups in total. The number of rotatable bonds is 0. The Morgan fingerprint density at radius 3 is 2.83 bits per heavy atom. The van der Waals surface area contributed by atoms with Gasteiger partial charge in [0.05, 0.1) is 0 Å². The monoisotopic (exact) mass is 169 g/mol. The van der Waals surface area contributed by atoms with E-state index in [1.807, 2.05) is 7.05 Å². The second kappa shape index (κ2) is 2.71. The molecule has 1 unspecified atom stereocenters. The minimum absolute atomic E-state index is 0.245. The van der Waals surface area contributed by atoms with Crippen LogP contribution in [0.25, 0.3) is 0 Å². The van der Waals surface area contributed by atoms with Crippen LogP contribution < -0.4 is 10.6 Å². The fourth-order valence-corrected chi connectivity index (χ4v) is 2.01. The molecule has 2 heterocycles. The fraction of sp³-hybridized carbons (Fsp3) is 0.875. The maximum absolute atomic E-state index is 11.7. The Kier molecular flexibility index (Phi) is 1.81. The molecule has 68 valence electrons. The summed E-state index contributed by atoms with van der Waals surface area (Å²) in [5, 5.41) is 6.58. The second-order valence-electron chi connectivity index (χ2n) is 3.66. The van der Waals surface area contributed by atoms with E-state index in [0.29, 0.717) is 0 Å². The van der Waals surface area contributed by atoms with Gasteiger partial charge in [0.1, 0.15) is 5.54 Å². The zero-order valence-electron chi connectivity index (χ0n) is 7.39. The topological polar surface area (TPSA) is 44.4 Å². The van der Waals surface area contributed by atoms with Crippen molar-refractivity contribution in [2.45, 2.75) is 12.0 Å². The first kappa shape index (κ1) is 8.01. The SMILES string of the molecule is CN1CCC2(CNCCN2)C1=O. The van der Waals surface area contributed by atoms with Gasteiger partial charge < -0.3 is 15.5 Å². The van der Waals surface area contributed by atoms with E-state index < -0.39 is 0 Å². The Morgan fingerprint density at radius 2 is 2.33 bits per heavy atom. The van der Waals surface area contributed by atoms with E-state index in [1.54, 1.807) is 4.90 Å². The third-order valence-corrected chi connectivity index (χ3v) is 2.82. The fourth-order valence-electron chi connectivity index (χ4n) is 2.01. The molecule has 1 spiro atoms. The molecular formula is C8H15N3O. The number of likely N-dealkylation sites (N-methyl/N-ethyl adjacent to an activating group) is 1. The number of nitrogens with one attached hydrogen (secondary N) is 2. The molecule has 0 radical (unpaired) electrons. The molecule has 0 saturated carbocycles. The molecule has 0 bridgehead atoms. The average molecular weight is 169 g/mol. The van der Waals surface area contributed by atoms with E-state index in [0.717, 1.165) is 32.6 Å². The van der Waals surface area contributed by atoms with Crippen LogP contribution in [0, 0.1) is 0 Å². The minimum atomic E-state index is -0.271. The van der Waals surface area contributed by atoms with Crippen molar-refractivity contribution in [3.8, 4) is 0 Å². The molecule has 0 aromatic carbocycles. The van der Waals surface area contributed by atoms with Crippen molar-refractivity contribution < 1.29 is 4.79 Å². The number of hydrogen-bond donors (Lipinski definition) is 2. The molecule has 1 amide bonds. The lowest BCUT2D eigenvalue weighted by Gasteiger charge is -2.33. The van der Waals surface area contributed by atoms with Gasteiger partial charge in [-0.05, 0) is 6.42 Å². The predicted octanol–water partition coefficient (Wildman–Crippen LogP) is -1.22. The maximum Gasteiger partial charge on any atom is 0.244 e. The first-order chi connectivity index (χ1) is 5.75. The zero-order chi connectivity index (χ0) is 8.60. The molecule has 0 aromatic rings. The van der Waals surface area contributed by atoms with E-state index >= 15 is 0 Å². The van der Waals surface area contributed by atoms with Crippen molar-refractivity contribution >= 4 is 5.91 Å². The highest BCUT2D eigenvalue weighted by atomic mass is 16.2. The van der Waals surface area contributed by atoms with Gasteiger partial charge in [-0.3, -0.25) is 4.79 Å². The summed E-state index contributed by atoms with van der Waals surface area (Å²) in [7, 11) is 1.87. The molecule has 2 aliphatic heterocycles. The lowest BCUT2D eigenvalue weighted by molar-refractivity contribution is -0.132. The van der Waals surface area contributed by atoms with Crippen molar-refractivity contribution in [3.63, 3.8) is 0 Å². The smallest absolute Gasteiger partial charge is 0.244 e. The van der Waals surface area contributed by atoms with Crippen molar-refractivity contribution in [1.29, 1.82) is 0 Å². The minimum Gasteiger partial charge on any atom is -0.344 e. The summed E-state index contributed by atoms with van der Waals surface area (Å²) in [4.78, 5) is 13.5. The van der Waals surface area contributed by atoms with Crippen molar-refractivity contribution in [1.82, 2.24) is 15.5 Å². The van der Waals surface area contributed by atoms with Crippen LogP contribution in [-0.2, 0) is 4.79 Å². The van der Waals surface area contributed by atoms with Crippen LogP contribution >= 0.6 is 0 Å². The number of carbonyl (C=O) groups is 1. The number of nitrogens with zero attached hydrogens (tertiary/aromatic N) is 1. The first-order valence-corrected chi connectivity index (χ1v) is 4.46. The molecule has 12 heavy (non-hydrogen) atoms. The summed E-state index contributed by atoms with van der Waals surface area (Å²) in [5.74, 6) is 0.245. The lowest BCUT2D eigenvalue weighted by Crippen LogP contribution is -2.62. The van der Waals surface area contributed by atoms with Crippen LogP contribution in [0.15, 0.2) is 0 Å². The molecule has 4 nitrogen and oxygen atoms in total. The van der Waals surface area contributed by atoms with E-state index in [9.17, 15) is 4.79 Å². The summed E-state index contributed by atoms with van der Waals surface area (Å²) in [6, 6.07) is 0. The standard InChI is InChI=1S/C8H15N3O/c1-11-5-2-8(7(11)12)6-9-3-4-10-8/h9-10H,2-6H2,1H3. The number of likely N-dealkylation sites (tertiary alicyclic amines) is 1. The van der Waals surface area contributed by atoms with Crippen LogP contribution in [0.5, 0.6) is 0 Å². The van der Waals surface area contributed by atoms with Crippen molar-refractivity contribution in [2.75, 3.05) is 33.2 Å². The number of piperazine rings is 1. The normalized spacial score (nSPS) is 36.4. The first-order valence-electron chi connectivity index (χ1n) is 4.46. The van der Waals surface area contributed by atoms with Crippen LogP contribution in [-0.4, -0.2) is 49.6 Å². The van der Waals surface area contributed by atoms with Gasteiger partial charge in [0.2, 0.25) is 5.91 Å². The molecule has 2 rings (SSSR count). The number of amides is 1. The summed E-state index contributed by atoms with van der Waals surface area (Å²) in [6.45, 7) is 3.54. The van der Waals surface area contributed by atoms with Crippen molar-refractivity contribution in [2.24, 2.45) is 0 Å². The Labute approximate surface area is 72.3 Å². The molecule has 0 aromatic heterocycles. The summed E-state index contributed by atoms with van der Waals surface area (Å²) in [6.07, 6.45) is 0.940. The van der Waals surface area contributed by atoms with Gasteiger partial charge in [0.25, 0.3) is 0 Å². The number of carbonyl (C=O) groups excluding carboxylic acids is 1. The molecular weight excluding hydrogens is 154 g/mol. The summed E-state index contributed by atoms with van der Waals surface area (Å²) in [5.41, 5.74) is -0.271. The maximum atomic E-state index is 11.7. The molecule has 1 atom stereocenters. The molecule has 2 saturated heterocycles. The Hall–Kier alpha value is -0.610. The largest absolute Gasteiger partial charge is 0.344 e. The Morgan fingerprint density at radius 1 is 1.50 bits per heavy atom. The van der Waals surface area contributed by atoms with Crippen LogP contribution in [0.1, 0.15) is 6.42 Å². The molecule has 0 aliphatic carbocycles. The zero-order valence-corrected chi connectivity index (χ0v) is 7.39. The van der Waals surface area contributed by atoms with Gasteiger partial charge in [-0.25, -0.2) is 0 Å². The van der Waals surface area contributed by atoms with Gasteiger partial charge in [0, 0.05) is 33.2 Å². The van der Waals surface area contributed by atoms with E-state index in [1.165, 1.54) is 0 Å². The van der Waals surface area contributed by atoms with Gasteiger partial charge in [-0.1, -0.05) is 0 Å². The summed E-state index contributed by atoms with van der Waals surface area (Å²) < 4.78 is 0. The van der Waals surface area contributed by atoms with Gasteiger partial charge >= 0.3 is 0 Å². The third kappa shape index (κ3) is 1.03. The van der Waals surface area contributed by atoms with Gasteiger partial charge in [-0.15, -0.1) is 0 Å². The lowest BCUT2D eigenvalue weighted by atomic mass is 9.96. The van der Waals surface area contributed by atoms with Crippen LogP contribution in [0.2, 0.25) is 0 Å². The van der Waals surface area contributed by atoms with Crippen LogP contribution in [0.3, 0.4) is 0 Å². The molecule has 4 heteroatoms. The van der Waals surface area contributed by atoms with Crippen LogP contribution in [0.4, 0.5) is 0 Å². The van der Waals surface area contributed by atoms with Gasteiger partial charge in [-0.2, -0.15) is 0 Å². The van der Waals surface area contributed by atoms with Gasteiger partial charge in [0.15, 0.2) is 0 Å². The molecule has 2 aliphatic rings. The molecule has 2 fully saturated rings. The Balaban J connectivity index is 2.14. The highest BCUT2D eigenvalue weighted by Crippen LogP contribution is 2.21. The van der Waals surface area contributed by atoms with E-state index in [2.05, 4.69) is 10.6 Å². The Bertz CT molecular complexity index is 193. The highest BCUT2D eigenvalue weighted by molar-refractivity contribution is 5.88. The number of hydrogen-bond acceptors (Lipinski definition) is 3. The average Bonchev–Trinajstić information content (AvgIpc) is 2.37. The highest BCUT2D eigenvalue weighted by Gasteiger charge is 2.45. The second-order valence-corrected chi connectivity index (χ2v) is 3.66. The third-order valence-electron chi connectivity index (χ3n) is 2.82. The predicted molar refractivity (Wildman–Crippen MR) is 45.9 cm³/mol.